The van der Waals surface area contributed by atoms with Gasteiger partial charge in [0.1, 0.15) is 6.10 Å². The Morgan fingerprint density at radius 3 is 3.06 bits per heavy atom. The van der Waals surface area contributed by atoms with Crippen LogP contribution in [0.4, 0.5) is 0 Å². The zero-order valence-corrected chi connectivity index (χ0v) is 10.3. The van der Waals surface area contributed by atoms with E-state index in [1.165, 1.54) is 0 Å². The van der Waals surface area contributed by atoms with Crippen LogP contribution in [0.3, 0.4) is 0 Å². The molecule has 18 heavy (non-hydrogen) atoms. The van der Waals surface area contributed by atoms with Crippen LogP contribution >= 0.6 is 0 Å². The second-order valence-electron chi connectivity index (χ2n) is 4.82. The highest BCUT2D eigenvalue weighted by molar-refractivity contribution is 6.10. The molecule has 1 aromatic carbocycles. The van der Waals surface area contributed by atoms with Gasteiger partial charge >= 0.3 is 0 Å². The van der Waals surface area contributed by atoms with Gasteiger partial charge in [-0.3, -0.25) is 9.78 Å². The molecule has 0 saturated carbocycles. The number of pyridine rings is 1. The van der Waals surface area contributed by atoms with Crippen LogP contribution in [-0.2, 0) is 4.74 Å². The Morgan fingerprint density at radius 1 is 1.39 bits per heavy atom. The van der Waals surface area contributed by atoms with E-state index in [-0.39, 0.29) is 11.9 Å². The van der Waals surface area contributed by atoms with Crippen molar-refractivity contribution in [1.29, 1.82) is 0 Å². The first-order chi connectivity index (χ1) is 8.77. The van der Waals surface area contributed by atoms with E-state index in [2.05, 4.69) is 11.9 Å². The normalized spacial score (nSPS) is 23.4. The third kappa shape index (κ3) is 1.81. The van der Waals surface area contributed by atoms with Gasteiger partial charge in [-0.1, -0.05) is 25.1 Å². The molecule has 0 N–H and O–H groups in total. The molecule has 1 saturated heterocycles. The van der Waals surface area contributed by atoms with E-state index < -0.39 is 0 Å². The van der Waals surface area contributed by atoms with Crippen molar-refractivity contribution in [3.63, 3.8) is 0 Å². The molecule has 0 spiro atoms. The highest BCUT2D eigenvalue weighted by Crippen LogP contribution is 2.26. The Bertz CT molecular complexity index is 589. The lowest BCUT2D eigenvalue weighted by Crippen LogP contribution is -2.25. The zero-order valence-electron chi connectivity index (χ0n) is 10.3. The first-order valence-corrected chi connectivity index (χ1v) is 6.26. The van der Waals surface area contributed by atoms with Crippen LogP contribution in [0.1, 0.15) is 23.7 Å². The van der Waals surface area contributed by atoms with Gasteiger partial charge in [0.15, 0.2) is 5.78 Å². The van der Waals surface area contributed by atoms with E-state index in [1.807, 2.05) is 24.3 Å². The number of fused-ring (bicyclic) bond motifs is 1. The third-order valence-corrected chi connectivity index (χ3v) is 3.59. The summed E-state index contributed by atoms with van der Waals surface area (Å²) in [6, 6.07) is 7.64. The van der Waals surface area contributed by atoms with Crippen molar-refractivity contribution in [2.45, 2.75) is 19.4 Å². The van der Waals surface area contributed by atoms with Gasteiger partial charge < -0.3 is 4.74 Å². The van der Waals surface area contributed by atoms with Crippen molar-refractivity contribution in [1.82, 2.24) is 4.98 Å². The maximum Gasteiger partial charge on any atom is 0.192 e. The molecular formula is C15H15NO2. The molecule has 3 heteroatoms. The molecule has 1 aliphatic rings. The Hall–Kier alpha value is -1.74. The molecule has 2 heterocycles. The molecule has 2 unspecified atom stereocenters. The summed E-state index contributed by atoms with van der Waals surface area (Å²) in [6.07, 6.45) is 4.18. The third-order valence-electron chi connectivity index (χ3n) is 3.59. The van der Waals surface area contributed by atoms with Crippen LogP contribution in [0.5, 0.6) is 0 Å². The molecule has 92 valence electrons. The number of rotatable bonds is 2. The lowest BCUT2D eigenvalue weighted by atomic mass is 9.93. The Morgan fingerprint density at radius 2 is 2.28 bits per heavy atom. The summed E-state index contributed by atoms with van der Waals surface area (Å²) in [6.45, 7) is 2.76. The minimum atomic E-state index is -0.288. The fraction of sp³-hybridized carbons (Fsp3) is 0.333. The van der Waals surface area contributed by atoms with Crippen LogP contribution in [-0.4, -0.2) is 23.5 Å². The number of carbonyl (C=O) groups is 1. The van der Waals surface area contributed by atoms with Gasteiger partial charge in [0, 0.05) is 30.0 Å². The molecule has 3 rings (SSSR count). The smallest absolute Gasteiger partial charge is 0.192 e. The number of nitrogens with zero attached hydrogens (tertiary/aromatic N) is 1. The molecule has 3 nitrogen and oxygen atoms in total. The highest BCUT2D eigenvalue weighted by atomic mass is 16.5. The number of ketones is 1. The van der Waals surface area contributed by atoms with Crippen molar-refractivity contribution in [3.8, 4) is 0 Å². The summed E-state index contributed by atoms with van der Waals surface area (Å²) in [5, 5.41) is 1.95. The second-order valence-corrected chi connectivity index (χ2v) is 4.82. The van der Waals surface area contributed by atoms with Crippen LogP contribution in [0.2, 0.25) is 0 Å². The van der Waals surface area contributed by atoms with Gasteiger partial charge in [0.25, 0.3) is 0 Å². The lowest BCUT2D eigenvalue weighted by Gasteiger charge is -2.14. The van der Waals surface area contributed by atoms with Crippen LogP contribution < -0.4 is 0 Å². The molecule has 2 aromatic rings. The van der Waals surface area contributed by atoms with E-state index in [1.54, 1.807) is 12.4 Å². The van der Waals surface area contributed by atoms with Gasteiger partial charge in [-0.05, 0) is 23.8 Å². The van der Waals surface area contributed by atoms with Crippen molar-refractivity contribution < 1.29 is 9.53 Å². The van der Waals surface area contributed by atoms with Gasteiger partial charge in [-0.2, -0.15) is 0 Å². The Balaban J connectivity index is 2.06. The monoisotopic (exact) mass is 241 g/mol. The van der Waals surface area contributed by atoms with E-state index in [4.69, 9.17) is 4.74 Å². The van der Waals surface area contributed by atoms with Crippen molar-refractivity contribution >= 4 is 16.6 Å². The Kier molecular flexibility index (Phi) is 2.84. The minimum Gasteiger partial charge on any atom is -0.370 e. The molecule has 1 aromatic heterocycles. The molecule has 0 bridgehead atoms. The maximum absolute atomic E-state index is 12.5. The molecular weight excluding hydrogens is 226 g/mol. The predicted molar refractivity (Wildman–Crippen MR) is 69.6 cm³/mol. The number of benzene rings is 1. The number of hydrogen-bond donors (Lipinski definition) is 0. The summed E-state index contributed by atoms with van der Waals surface area (Å²) in [7, 11) is 0. The quantitative estimate of drug-likeness (QED) is 0.759. The van der Waals surface area contributed by atoms with E-state index >= 15 is 0 Å². The number of Topliss-reactive ketones (excluding diaryl/α,β-unsaturated/α-hetero) is 1. The first kappa shape index (κ1) is 11.4. The minimum absolute atomic E-state index is 0.0943. The summed E-state index contributed by atoms with van der Waals surface area (Å²) in [4.78, 5) is 16.6. The van der Waals surface area contributed by atoms with Crippen molar-refractivity contribution in [2.75, 3.05) is 6.61 Å². The van der Waals surface area contributed by atoms with Gasteiger partial charge in [0.05, 0.1) is 0 Å². The van der Waals surface area contributed by atoms with Crippen molar-refractivity contribution in [2.24, 2.45) is 5.92 Å². The summed E-state index contributed by atoms with van der Waals surface area (Å²) in [5.74, 6) is 0.395. The summed E-state index contributed by atoms with van der Waals surface area (Å²) >= 11 is 0. The van der Waals surface area contributed by atoms with Gasteiger partial charge in [-0.15, -0.1) is 0 Å². The number of carbonyl (C=O) groups excluding carboxylic acids is 1. The molecule has 1 fully saturated rings. The van der Waals surface area contributed by atoms with Crippen LogP contribution in [0.25, 0.3) is 10.8 Å². The second kappa shape index (κ2) is 4.50. The molecule has 0 radical (unpaired) electrons. The molecule has 0 aliphatic carbocycles. The predicted octanol–water partition coefficient (Wildman–Crippen LogP) is 2.84. The van der Waals surface area contributed by atoms with E-state index in [9.17, 15) is 4.79 Å². The highest BCUT2D eigenvalue weighted by Gasteiger charge is 2.32. The summed E-state index contributed by atoms with van der Waals surface area (Å²) in [5.41, 5.74) is 0.744. The van der Waals surface area contributed by atoms with E-state index in [0.717, 1.165) is 22.8 Å². The molecule has 0 amide bonds. The van der Waals surface area contributed by atoms with Crippen molar-refractivity contribution in [3.05, 3.63) is 42.2 Å². The fourth-order valence-corrected chi connectivity index (χ4v) is 2.52. The average molecular weight is 241 g/mol. The average Bonchev–Trinajstić information content (AvgIpc) is 2.83. The molecule has 2 atom stereocenters. The number of aromatic nitrogens is 1. The van der Waals surface area contributed by atoms with Crippen LogP contribution in [0.15, 0.2) is 36.7 Å². The van der Waals surface area contributed by atoms with E-state index in [0.29, 0.717) is 12.5 Å². The fourth-order valence-electron chi connectivity index (χ4n) is 2.52. The molecule has 1 aliphatic heterocycles. The number of ether oxygens (including phenoxy) is 1. The van der Waals surface area contributed by atoms with Crippen LogP contribution in [0, 0.1) is 5.92 Å². The summed E-state index contributed by atoms with van der Waals surface area (Å²) < 4.78 is 5.57. The van der Waals surface area contributed by atoms with Gasteiger partial charge in [0.2, 0.25) is 0 Å². The van der Waals surface area contributed by atoms with Gasteiger partial charge in [-0.25, -0.2) is 0 Å². The topological polar surface area (TPSA) is 39.2 Å². The first-order valence-electron chi connectivity index (χ1n) is 6.26. The maximum atomic E-state index is 12.5. The number of hydrogen-bond acceptors (Lipinski definition) is 3. The zero-order chi connectivity index (χ0) is 12.5. The lowest BCUT2D eigenvalue weighted by molar-refractivity contribution is 0.0581. The largest absolute Gasteiger partial charge is 0.370 e. The SMILES string of the molecule is CC1CCOC1C(=O)c1cccc2cnccc12. The Labute approximate surface area is 106 Å². The standard InChI is InChI=1S/C15H15NO2/c1-10-6-8-18-15(10)14(17)13-4-2-3-11-9-16-7-5-12(11)13/h2-5,7,9-10,15H,6,8H2,1H3.